The first kappa shape index (κ1) is 21.2. The van der Waals surface area contributed by atoms with Crippen LogP contribution in [0.4, 0.5) is 0 Å². The molecule has 0 amide bonds. The molecule has 138 valence electrons. The molecule has 0 N–H and O–H groups in total. The van der Waals surface area contributed by atoms with Gasteiger partial charge in [-0.15, -0.1) is 0 Å². The van der Waals surface area contributed by atoms with Crippen LogP contribution in [0.5, 0.6) is 0 Å². The van der Waals surface area contributed by atoms with E-state index < -0.39 is 17.6 Å². The summed E-state index contributed by atoms with van der Waals surface area (Å²) >= 11 is 0. The summed E-state index contributed by atoms with van der Waals surface area (Å²) in [5.41, 5.74) is 0. The molecule has 0 aromatic carbocycles. The predicted octanol–water partition coefficient (Wildman–Crippen LogP) is 2.94. The van der Waals surface area contributed by atoms with Gasteiger partial charge in [0.1, 0.15) is 0 Å². The molecule has 0 radical (unpaired) electrons. The minimum atomic E-state index is -2.43. The van der Waals surface area contributed by atoms with Gasteiger partial charge < -0.3 is 26.6 Å². The molecule has 1 rings (SSSR count). The highest BCUT2D eigenvalue weighted by atomic mass is 28.4. The van der Waals surface area contributed by atoms with Crippen LogP contribution in [-0.4, -0.2) is 60.3 Å². The van der Waals surface area contributed by atoms with Gasteiger partial charge in [-0.3, -0.25) is 0 Å². The number of hydrogen-bond acceptors (Lipinski definition) is 6. The summed E-state index contributed by atoms with van der Waals surface area (Å²) in [5, 5.41) is 0. The van der Waals surface area contributed by atoms with Crippen molar-refractivity contribution in [1.82, 2.24) is 0 Å². The second-order valence-corrected chi connectivity index (χ2v) is 12.4. The van der Waals surface area contributed by atoms with E-state index in [4.69, 9.17) is 26.6 Å². The molecule has 0 saturated heterocycles. The van der Waals surface area contributed by atoms with Crippen LogP contribution in [-0.2, 0) is 26.6 Å². The lowest BCUT2D eigenvalue weighted by molar-refractivity contribution is 0.121. The fraction of sp³-hybridized carbons (Fsp3) is 1.00. The monoisotopic (exact) mass is 366 g/mol. The zero-order chi connectivity index (χ0) is 17.3. The third-order valence-electron chi connectivity index (χ3n) is 5.23. The molecule has 0 heterocycles. The van der Waals surface area contributed by atoms with Crippen LogP contribution in [0.2, 0.25) is 12.1 Å². The van der Waals surface area contributed by atoms with Crippen molar-refractivity contribution in [2.24, 2.45) is 11.8 Å². The quantitative estimate of drug-likeness (QED) is 0.495. The van der Waals surface area contributed by atoms with Crippen molar-refractivity contribution in [3.63, 3.8) is 0 Å². The fourth-order valence-electron chi connectivity index (χ4n) is 3.58. The van der Waals surface area contributed by atoms with Gasteiger partial charge in [-0.25, -0.2) is 0 Å². The summed E-state index contributed by atoms with van der Waals surface area (Å²) in [7, 11) is 5.24. The normalized spacial score (nSPS) is 22.7. The molecule has 6 nitrogen and oxygen atoms in total. The smallest absolute Gasteiger partial charge is 0.377 e. The van der Waals surface area contributed by atoms with E-state index in [1.165, 1.54) is 19.3 Å². The van der Waals surface area contributed by atoms with Crippen LogP contribution in [0.15, 0.2) is 0 Å². The van der Waals surface area contributed by atoms with Crippen LogP contribution < -0.4 is 0 Å². The maximum Gasteiger partial charge on any atom is 0.500 e. The molecule has 8 heteroatoms. The Kier molecular flexibility index (Phi) is 9.46. The molecule has 0 aromatic rings. The molecule has 1 fully saturated rings. The maximum atomic E-state index is 5.51. The van der Waals surface area contributed by atoms with Gasteiger partial charge in [-0.1, -0.05) is 12.8 Å². The third-order valence-corrected chi connectivity index (χ3v) is 10.8. The second kappa shape index (κ2) is 10.2. The summed E-state index contributed by atoms with van der Waals surface area (Å²) in [5.74, 6) is 1.46. The average Bonchev–Trinajstić information content (AvgIpc) is 3.06. The first-order chi connectivity index (χ1) is 11.0. The molecule has 1 aliphatic carbocycles. The second-order valence-electron chi connectivity index (χ2n) is 6.21. The molecular formula is C15H34O6Si2. The molecule has 0 spiro atoms. The van der Waals surface area contributed by atoms with Crippen molar-refractivity contribution in [3.05, 3.63) is 0 Å². The zero-order valence-corrected chi connectivity index (χ0v) is 17.6. The fourth-order valence-corrected chi connectivity index (χ4v) is 7.33. The van der Waals surface area contributed by atoms with Crippen molar-refractivity contribution in [2.75, 3.05) is 42.7 Å². The van der Waals surface area contributed by atoms with E-state index in [-0.39, 0.29) is 0 Å². The lowest BCUT2D eigenvalue weighted by Gasteiger charge is -2.26. The molecule has 0 bridgehead atoms. The summed E-state index contributed by atoms with van der Waals surface area (Å²) in [6.45, 7) is 0. The van der Waals surface area contributed by atoms with Gasteiger partial charge in [-0.2, -0.15) is 0 Å². The standard InChI is InChI=1S/C15H34O6Si2/c1-16-22(17-2,18-3)11-9-14-7-8-15(13-14)10-12-23(19-4,20-5)21-6/h14-15H,7-13H2,1-6H3. The van der Waals surface area contributed by atoms with Crippen LogP contribution >= 0.6 is 0 Å². The van der Waals surface area contributed by atoms with Crippen LogP contribution in [0.1, 0.15) is 32.1 Å². The van der Waals surface area contributed by atoms with Gasteiger partial charge in [0, 0.05) is 54.7 Å². The summed E-state index contributed by atoms with van der Waals surface area (Å²) in [6.07, 6.45) is 6.02. The van der Waals surface area contributed by atoms with E-state index in [1.54, 1.807) is 42.7 Å². The van der Waals surface area contributed by atoms with Crippen molar-refractivity contribution in [1.29, 1.82) is 0 Å². The van der Waals surface area contributed by atoms with Crippen molar-refractivity contribution < 1.29 is 26.6 Å². The van der Waals surface area contributed by atoms with E-state index in [0.29, 0.717) is 0 Å². The average molecular weight is 367 g/mol. The van der Waals surface area contributed by atoms with Gasteiger partial charge in [0.15, 0.2) is 0 Å². The Morgan fingerprint density at radius 3 is 1.17 bits per heavy atom. The summed E-state index contributed by atoms with van der Waals surface area (Å²) < 4.78 is 33.1. The van der Waals surface area contributed by atoms with Crippen LogP contribution in [0, 0.1) is 11.8 Å². The van der Waals surface area contributed by atoms with E-state index in [0.717, 1.165) is 36.8 Å². The SMILES string of the molecule is CO[Si](CCC1CCC(CC[Si](OC)(OC)OC)C1)(OC)OC. The molecule has 0 aromatic heterocycles. The topological polar surface area (TPSA) is 55.4 Å². The Morgan fingerprint density at radius 1 is 0.609 bits per heavy atom. The maximum absolute atomic E-state index is 5.51. The van der Waals surface area contributed by atoms with Gasteiger partial charge in [-0.05, 0) is 31.1 Å². The highest BCUT2D eigenvalue weighted by molar-refractivity contribution is 6.60. The Balaban J connectivity index is 2.38. The van der Waals surface area contributed by atoms with Crippen molar-refractivity contribution >= 4 is 17.6 Å². The Hall–Kier alpha value is 0.194. The van der Waals surface area contributed by atoms with E-state index in [1.807, 2.05) is 0 Å². The van der Waals surface area contributed by atoms with Crippen LogP contribution in [0.25, 0.3) is 0 Å². The Bertz CT molecular complexity index is 277. The van der Waals surface area contributed by atoms with Crippen molar-refractivity contribution in [3.8, 4) is 0 Å². The summed E-state index contributed by atoms with van der Waals surface area (Å²) in [6, 6.07) is 1.78. The molecule has 23 heavy (non-hydrogen) atoms. The van der Waals surface area contributed by atoms with E-state index in [2.05, 4.69) is 0 Å². The summed E-state index contributed by atoms with van der Waals surface area (Å²) in [4.78, 5) is 0. The Labute approximate surface area is 143 Å². The predicted molar refractivity (Wildman–Crippen MR) is 93.2 cm³/mol. The molecule has 2 atom stereocenters. The molecule has 1 aliphatic rings. The minimum absolute atomic E-state index is 0.732. The number of hydrogen-bond donors (Lipinski definition) is 0. The first-order valence-corrected chi connectivity index (χ1v) is 12.2. The van der Waals surface area contributed by atoms with Gasteiger partial charge in [0.2, 0.25) is 0 Å². The van der Waals surface area contributed by atoms with Gasteiger partial charge >= 0.3 is 17.6 Å². The highest BCUT2D eigenvalue weighted by Crippen LogP contribution is 2.38. The molecule has 1 saturated carbocycles. The molecule has 0 aliphatic heterocycles. The zero-order valence-electron chi connectivity index (χ0n) is 15.6. The van der Waals surface area contributed by atoms with E-state index >= 15 is 0 Å². The van der Waals surface area contributed by atoms with Crippen LogP contribution in [0.3, 0.4) is 0 Å². The van der Waals surface area contributed by atoms with E-state index in [9.17, 15) is 0 Å². The highest BCUT2D eigenvalue weighted by Gasteiger charge is 2.41. The molecule has 2 unspecified atom stereocenters. The van der Waals surface area contributed by atoms with Crippen molar-refractivity contribution in [2.45, 2.75) is 44.2 Å². The van der Waals surface area contributed by atoms with Gasteiger partial charge in [0.05, 0.1) is 0 Å². The minimum Gasteiger partial charge on any atom is -0.377 e. The largest absolute Gasteiger partial charge is 0.500 e. The lowest BCUT2D eigenvalue weighted by Crippen LogP contribution is -2.43. The number of rotatable bonds is 12. The Morgan fingerprint density at radius 2 is 0.913 bits per heavy atom. The first-order valence-electron chi connectivity index (χ1n) is 8.33. The molecular weight excluding hydrogens is 332 g/mol. The lowest BCUT2D eigenvalue weighted by atomic mass is 10.0. The van der Waals surface area contributed by atoms with Gasteiger partial charge in [0.25, 0.3) is 0 Å². The third kappa shape index (κ3) is 5.89.